The lowest BCUT2D eigenvalue weighted by Gasteiger charge is -2.22. The van der Waals surface area contributed by atoms with Crippen molar-refractivity contribution < 1.29 is 14.2 Å². The lowest BCUT2D eigenvalue weighted by atomic mass is 10.1. The van der Waals surface area contributed by atoms with E-state index in [0.717, 1.165) is 0 Å². The monoisotopic (exact) mass is 226 g/mol. The quantitative estimate of drug-likeness (QED) is 0.858. The van der Waals surface area contributed by atoms with E-state index in [4.69, 9.17) is 4.74 Å². The molecule has 1 rings (SSSR count). The molecule has 0 saturated heterocycles. The number of rotatable bonds is 3. The van der Waals surface area contributed by atoms with Gasteiger partial charge in [0.1, 0.15) is 11.9 Å². The molecule has 1 aromatic rings. The van der Waals surface area contributed by atoms with Crippen LogP contribution in [-0.2, 0) is 4.74 Å². The number of aliphatic hydroxyl groups excluding tert-OH is 1. The smallest absolute Gasteiger partial charge is 0.126 e. The predicted molar refractivity (Wildman–Crippen MR) is 61.8 cm³/mol. The van der Waals surface area contributed by atoms with Gasteiger partial charge in [0.15, 0.2) is 0 Å². The summed E-state index contributed by atoms with van der Waals surface area (Å²) in [4.78, 5) is 0. The average molecular weight is 226 g/mol. The molecule has 90 valence electrons. The standard InChI is InChI=1S/C13H19FO2/c1-9-5-6-10(7-11(9)14)12(15)8-16-13(2,3)4/h5-7,12,15H,8H2,1-4H3. The minimum absolute atomic E-state index is 0.173. The Morgan fingerprint density at radius 2 is 2.00 bits per heavy atom. The van der Waals surface area contributed by atoms with Crippen LogP contribution in [-0.4, -0.2) is 17.3 Å². The highest BCUT2D eigenvalue weighted by Gasteiger charge is 2.15. The van der Waals surface area contributed by atoms with Gasteiger partial charge in [-0.1, -0.05) is 12.1 Å². The van der Waals surface area contributed by atoms with Gasteiger partial charge < -0.3 is 9.84 Å². The number of hydrogen-bond donors (Lipinski definition) is 1. The Labute approximate surface area is 96.1 Å². The predicted octanol–water partition coefficient (Wildman–Crippen LogP) is 2.98. The molecule has 0 heterocycles. The Hall–Kier alpha value is -0.930. The molecule has 0 fully saturated rings. The van der Waals surface area contributed by atoms with Crippen LogP contribution < -0.4 is 0 Å². The summed E-state index contributed by atoms with van der Waals surface area (Å²) in [7, 11) is 0. The summed E-state index contributed by atoms with van der Waals surface area (Å²) in [5.74, 6) is -0.299. The second-order valence-electron chi connectivity index (χ2n) is 4.95. The van der Waals surface area contributed by atoms with Crippen molar-refractivity contribution in [2.45, 2.75) is 39.4 Å². The van der Waals surface area contributed by atoms with E-state index in [9.17, 15) is 9.50 Å². The van der Waals surface area contributed by atoms with Crippen molar-refractivity contribution in [2.24, 2.45) is 0 Å². The molecular formula is C13H19FO2. The van der Waals surface area contributed by atoms with Crippen LogP contribution in [0.2, 0.25) is 0 Å². The highest BCUT2D eigenvalue weighted by molar-refractivity contribution is 5.24. The number of aryl methyl sites for hydroxylation is 1. The van der Waals surface area contributed by atoms with E-state index in [0.29, 0.717) is 11.1 Å². The largest absolute Gasteiger partial charge is 0.386 e. The molecule has 1 aromatic carbocycles. The molecule has 0 saturated carbocycles. The molecule has 16 heavy (non-hydrogen) atoms. The average Bonchev–Trinajstić information content (AvgIpc) is 2.17. The molecule has 0 amide bonds. The Bertz CT molecular complexity index is 355. The van der Waals surface area contributed by atoms with Crippen LogP contribution >= 0.6 is 0 Å². The van der Waals surface area contributed by atoms with E-state index < -0.39 is 6.10 Å². The fraction of sp³-hybridized carbons (Fsp3) is 0.538. The number of hydrogen-bond acceptors (Lipinski definition) is 2. The zero-order valence-electron chi connectivity index (χ0n) is 10.2. The Morgan fingerprint density at radius 3 is 2.50 bits per heavy atom. The molecule has 0 aliphatic carbocycles. The highest BCUT2D eigenvalue weighted by Crippen LogP contribution is 2.19. The van der Waals surface area contributed by atoms with E-state index in [2.05, 4.69) is 0 Å². The third-order valence-corrected chi connectivity index (χ3v) is 2.25. The van der Waals surface area contributed by atoms with E-state index in [1.54, 1.807) is 19.1 Å². The summed E-state index contributed by atoms with van der Waals surface area (Å²) in [5.41, 5.74) is 0.824. The molecule has 0 radical (unpaired) electrons. The molecule has 2 nitrogen and oxygen atoms in total. The van der Waals surface area contributed by atoms with Gasteiger partial charge in [0, 0.05) is 0 Å². The highest BCUT2D eigenvalue weighted by atomic mass is 19.1. The van der Waals surface area contributed by atoms with E-state index in [1.165, 1.54) is 6.07 Å². The lowest BCUT2D eigenvalue weighted by Crippen LogP contribution is -2.22. The van der Waals surface area contributed by atoms with Crippen LogP contribution in [0.1, 0.15) is 38.0 Å². The van der Waals surface area contributed by atoms with Gasteiger partial charge in [-0.05, 0) is 44.9 Å². The normalized spacial score (nSPS) is 13.9. The molecule has 0 aliphatic heterocycles. The molecule has 3 heteroatoms. The fourth-order valence-corrected chi connectivity index (χ4v) is 1.24. The van der Waals surface area contributed by atoms with Crippen LogP contribution in [0.15, 0.2) is 18.2 Å². The SMILES string of the molecule is Cc1ccc(C(O)COC(C)(C)C)cc1F. The van der Waals surface area contributed by atoms with Crippen molar-refractivity contribution in [2.75, 3.05) is 6.61 Å². The summed E-state index contributed by atoms with van der Waals surface area (Å²) in [6.07, 6.45) is -0.783. The van der Waals surface area contributed by atoms with Crippen molar-refractivity contribution in [1.29, 1.82) is 0 Å². The summed E-state index contributed by atoms with van der Waals surface area (Å²) in [6, 6.07) is 4.73. The van der Waals surface area contributed by atoms with Crippen LogP contribution in [0.3, 0.4) is 0 Å². The summed E-state index contributed by atoms with van der Waals surface area (Å²) in [5, 5.41) is 9.81. The molecular weight excluding hydrogens is 207 g/mol. The third kappa shape index (κ3) is 3.91. The molecule has 1 N–H and O–H groups in total. The molecule has 0 aromatic heterocycles. The number of aliphatic hydroxyl groups is 1. The zero-order chi connectivity index (χ0) is 12.3. The van der Waals surface area contributed by atoms with E-state index in [1.807, 2.05) is 20.8 Å². The number of benzene rings is 1. The van der Waals surface area contributed by atoms with E-state index in [-0.39, 0.29) is 18.0 Å². The molecule has 0 bridgehead atoms. The lowest BCUT2D eigenvalue weighted by molar-refractivity contribution is -0.0496. The van der Waals surface area contributed by atoms with Gasteiger partial charge in [0.05, 0.1) is 12.2 Å². The van der Waals surface area contributed by atoms with Crippen LogP contribution in [0.4, 0.5) is 4.39 Å². The van der Waals surface area contributed by atoms with Crippen molar-refractivity contribution in [1.82, 2.24) is 0 Å². The van der Waals surface area contributed by atoms with Crippen molar-refractivity contribution >= 4 is 0 Å². The summed E-state index contributed by atoms with van der Waals surface area (Å²) >= 11 is 0. The van der Waals surface area contributed by atoms with Crippen molar-refractivity contribution in [3.8, 4) is 0 Å². The maximum Gasteiger partial charge on any atom is 0.126 e. The minimum Gasteiger partial charge on any atom is -0.386 e. The first-order valence-corrected chi connectivity index (χ1v) is 5.37. The van der Waals surface area contributed by atoms with Crippen molar-refractivity contribution in [3.63, 3.8) is 0 Å². The second-order valence-corrected chi connectivity index (χ2v) is 4.95. The maximum atomic E-state index is 13.3. The first kappa shape index (κ1) is 13.1. The molecule has 0 spiro atoms. The molecule has 0 aliphatic rings. The van der Waals surface area contributed by atoms with Gasteiger partial charge in [-0.3, -0.25) is 0 Å². The van der Waals surface area contributed by atoms with Gasteiger partial charge >= 0.3 is 0 Å². The third-order valence-electron chi connectivity index (χ3n) is 2.25. The molecule has 1 atom stereocenters. The Balaban J connectivity index is 2.66. The van der Waals surface area contributed by atoms with Crippen LogP contribution in [0.5, 0.6) is 0 Å². The minimum atomic E-state index is -0.783. The molecule has 1 unspecified atom stereocenters. The van der Waals surface area contributed by atoms with Gasteiger partial charge in [-0.2, -0.15) is 0 Å². The van der Waals surface area contributed by atoms with Crippen LogP contribution in [0, 0.1) is 12.7 Å². The van der Waals surface area contributed by atoms with E-state index >= 15 is 0 Å². The van der Waals surface area contributed by atoms with Gasteiger partial charge in [0.2, 0.25) is 0 Å². The first-order chi connectivity index (χ1) is 7.29. The topological polar surface area (TPSA) is 29.5 Å². The Kier molecular flexibility index (Phi) is 4.05. The Morgan fingerprint density at radius 1 is 1.38 bits per heavy atom. The second kappa shape index (κ2) is 4.93. The van der Waals surface area contributed by atoms with Gasteiger partial charge in [-0.15, -0.1) is 0 Å². The summed E-state index contributed by atoms with van der Waals surface area (Å²) in [6.45, 7) is 7.60. The summed E-state index contributed by atoms with van der Waals surface area (Å²) < 4.78 is 18.7. The van der Waals surface area contributed by atoms with Gasteiger partial charge in [-0.25, -0.2) is 4.39 Å². The van der Waals surface area contributed by atoms with Crippen molar-refractivity contribution in [3.05, 3.63) is 35.1 Å². The number of ether oxygens (including phenoxy) is 1. The fourth-order valence-electron chi connectivity index (χ4n) is 1.24. The zero-order valence-corrected chi connectivity index (χ0v) is 10.2. The number of halogens is 1. The first-order valence-electron chi connectivity index (χ1n) is 5.37. The van der Waals surface area contributed by atoms with Crippen LogP contribution in [0.25, 0.3) is 0 Å². The van der Waals surface area contributed by atoms with Gasteiger partial charge in [0.25, 0.3) is 0 Å². The maximum absolute atomic E-state index is 13.3.